The number of hydrogen-bond donors (Lipinski definition) is 2. The smallest absolute Gasteiger partial charge is 0.331 e. The van der Waals surface area contributed by atoms with Crippen LogP contribution in [0.15, 0.2) is 14.6 Å². The lowest BCUT2D eigenvalue weighted by Gasteiger charge is -2.16. The number of aromatic amines is 1. The van der Waals surface area contributed by atoms with Gasteiger partial charge in [-0.15, -0.1) is 0 Å². The van der Waals surface area contributed by atoms with Crippen LogP contribution in [0.25, 0.3) is 0 Å². The van der Waals surface area contributed by atoms with Gasteiger partial charge in [0.1, 0.15) is 5.56 Å². The summed E-state index contributed by atoms with van der Waals surface area (Å²) < 4.78 is 1.22. The van der Waals surface area contributed by atoms with E-state index < -0.39 is 11.2 Å². The van der Waals surface area contributed by atoms with Crippen molar-refractivity contribution < 1.29 is 5.11 Å². The molecule has 1 aromatic heterocycles. The fourth-order valence-electron chi connectivity index (χ4n) is 2.68. The van der Waals surface area contributed by atoms with Crippen molar-refractivity contribution in [3.05, 3.63) is 26.4 Å². The highest BCUT2D eigenvalue weighted by Gasteiger charge is 2.12. The van der Waals surface area contributed by atoms with Crippen molar-refractivity contribution >= 4 is 6.21 Å². The fourth-order valence-corrected chi connectivity index (χ4v) is 2.68. The Morgan fingerprint density at radius 1 is 1.12 bits per heavy atom. The van der Waals surface area contributed by atoms with E-state index in [0.29, 0.717) is 13.1 Å². The first-order valence-corrected chi connectivity index (χ1v) is 9.33. The highest BCUT2D eigenvalue weighted by molar-refractivity contribution is 5.81. The van der Waals surface area contributed by atoms with Crippen molar-refractivity contribution in [1.29, 1.82) is 0 Å². The van der Waals surface area contributed by atoms with Crippen molar-refractivity contribution in [1.82, 2.24) is 14.5 Å². The number of H-pyrrole nitrogens is 1. The Kier molecular flexibility index (Phi) is 9.84. The van der Waals surface area contributed by atoms with Crippen LogP contribution < -0.4 is 11.2 Å². The van der Waals surface area contributed by atoms with Crippen LogP contribution in [0.2, 0.25) is 0 Å². The number of nitrogens with one attached hydrogen (secondary N) is 1. The molecule has 1 rings (SSSR count). The summed E-state index contributed by atoms with van der Waals surface area (Å²) >= 11 is 0. The Morgan fingerprint density at radius 2 is 1.84 bits per heavy atom. The second-order valence-corrected chi connectivity index (χ2v) is 6.12. The van der Waals surface area contributed by atoms with Gasteiger partial charge < -0.3 is 10.0 Å². The molecule has 0 aliphatic heterocycles. The molecule has 7 nitrogen and oxygen atoms in total. The highest BCUT2D eigenvalue weighted by Crippen LogP contribution is 2.10. The molecule has 0 unspecified atom stereocenters. The maximum absolute atomic E-state index is 11.9. The molecule has 0 bridgehead atoms. The lowest BCUT2D eigenvalue weighted by molar-refractivity contribution is 0.302. The predicted octanol–water partition coefficient (Wildman–Crippen LogP) is 1.97. The van der Waals surface area contributed by atoms with Gasteiger partial charge in [-0.1, -0.05) is 40.0 Å². The van der Waals surface area contributed by atoms with E-state index >= 15 is 0 Å². The maximum Gasteiger partial charge on any atom is 0.331 e. The van der Waals surface area contributed by atoms with Crippen LogP contribution in [0.3, 0.4) is 0 Å². The second-order valence-electron chi connectivity index (χ2n) is 6.12. The van der Waals surface area contributed by atoms with Gasteiger partial charge in [0.2, 0.25) is 5.88 Å². The summed E-state index contributed by atoms with van der Waals surface area (Å²) in [6.45, 7) is 10.3. The van der Waals surface area contributed by atoms with Gasteiger partial charge in [0.05, 0.1) is 0 Å². The molecule has 0 saturated heterocycles. The van der Waals surface area contributed by atoms with Gasteiger partial charge in [-0.05, 0) is 32.5 Å². The summed E-state index contributed by atoms with van der Waals surface area (Å²) in [5.74, 6) is -0.294. The first kappa shape index (κ1) is 21.2. The van der Waals surface area contributed by atoms with E-state index in [2.05, 4.69) is 35.6 Å². The van der Waals surface area contributed by atoms with Gasteiger partial charge in [-0.3, -0.25) is 19.3 Å². The van der Waals surface area contributed by atoms with Gasteiger partial charge >= 0.3 is 5.69 Å². The molecule has 0 aromatic carbocycles. The highest BCUT2D eigenvalue weighted by atomic mass is 16.3. The van der Waals surface area contributed by atoms with Gasteiger partial charge in [0.15, 0.2) is 0 Å². The number of hydrogen-bond acceptors (Lipinski definition) is 5. The van der Waals surface area contributed by atoms with E-state index in [0.717, 1.165) is 51.7 Å². The second kappa shape index (κ2) is 11.6. The number of rotatable bonds is 12. The molecule has 0 spiro atoms. The Bertz CT molecular complexity index is 645. The largest absolute Gasteiger partial charge is 0.494 e. The van der Waals surface area contributed by atoms with Crippen LogP contribution in [0.5, 0.6) is 5.88 Å². The van der Waals surface area contributed by atoms with E-state index in [4.69, 9.17) is 0 Å². The van der Waals surface area contributed by atoms with Gasteiger partial charge in [0.25, 0.3) is 5.56 Å². The third-order valence-corrected chi connectivity index (χ3v) is 4.32. The molecular formula is C18H32N4O3. The number of aliphatic imine (C=N–C) groups is 1. The molecule has 0 aliphatic rings. The fraction of sp³-hybridized carbons (Fsp3) is 0.722. The van der Waals surface area contributed by atoms with E-state index in [1.165, 1.54) is 10.8 Å². The minimum absolute atomic E-state index is 0.0536. The summed E-state index contributed by atoms with van der Waals surface area (Å²) in [5.41, 5.74) is -1.12. The Labute approximate surface area is 149 Å². The maximum atomic E-state index is 11.9. The minimum Gasteiger partial charge on any atom is -0.494 e. The SMILES string of the molecule is CCCCCCn1c(O)c(C=NCCCN(CC)CC)c(=O)[nH]c1=O. The van der Waals surface area contributed by atoms with Gasteiger partial charge in [-0.25, -0.2) is 4.79 Å². The van der Waals surface area contributed by atoms with Crippen LogP contribution in [-0.2, 0) is 6.54 Å². The molecule has 0 atom stereocenters. The number of aromatic hydroxyl groups is 1. The first-order valence-electron chi connectivity index (χ1n) is 9.33. The molecule has 0 fully saturated rings. The standard InChI is InChI=1S/C18H32N4O3/c1-4-7-8-9-13-22-17(24)15(16(23)20-18(22)25)14-19-11-10-12-21(5-2)6-3/h14,24H,4-13H2,1-3H3,(H,20,23,25). The third kappa shape index (κ3) is 6.86. The number of nitrogens with zero attached hydrogens (tertiary/aromatic N) is 3. The van der Waals surface area contributed by atoms with E-state index in [1.54, 1.807) is 0 Å². The van der Waals surface area contributed by atoms with Crippen molar-refractivity contribution in [3.63, 3.8) is 0 Å². The third-order valence-electron chi connectivity index (χ3n) is 4.32. The molecule has 25 heavy (non-hydrogen) atoms. The zero-order chi connectivity index (χ0) is 18.7. The zero-order valence-electron chi connectivity index (χ0n) is 15.8. The molecule has 0 aliphatic carbocycles. The number of unbranched alkanes of at least 4 members (excludes halogenated alkanes) is 3. The van der Waals surface area contributed by atoms with Crippen LogP contribution in [-0.4, -0.2) is 52.0 Å². The zero-order valence-corrected chi connectivity index (χ0v) is 15.8. The molecule has 0 saturated carbocycles. The minimum atomic E-state index is -0.597. The van der Waals surface area contributed by atoms with Crippen LogP contribution in [0.4, 0.5) is 0 Å². The van der Waals surface area contributed by atoms with E-state index in [9.17, 15) is 14.7 Å². The molecule has 1 heterocycles. The molecular weight excluding hydrogens is 320 g/mol. The van der Waals surface area contributed by atoms with Crippen LogP contribution in [0.1, 0.15) is 58.4 Å². The Hall–Kier alpha value is -1.89. The summed E-state index contributed by atoms with van der Waals surface area (Å²) in [4.78, 5) is 32.6. The normalized spacial score (nSPS) is 11.7. The average Bonchev–Trinajstić information content (AvgIpc) is 2.59. The van der Waals surface area contributed by atoms with Gasteiger partial charge in [0, 0.05) is 19.3 Å². The van der Waals surface area contributed by atoms with Crippen molar-refractivity contribution in [2.75, 3.05) is 26.2 Å². The van der Waals surface area contributed by atoms with Crippen molar-refractivity contribution in [2.45, 2.75) is 59.4 Å². The molecule has 0 amide bonds. The molecule has 0 radical (unpaired) electrons. The number of aromatic nitrogens is 2. The quantitative estimate of drug-likeness (QED) is 0.444. The molecule has 142 valence electrons. The molecule has 7 heteroatoms. The predicted molar refractivity (Wildman–Crippen MR) is 102 cm³/mol. The summed E-state index contributed by atoms with van der Waals surface area (Å²) in [5, 5.41) is 10.3. The average molecular weight is 352 g/mol. The molecule has 2 N–H and O–H groups in total. The Morgan fingerprint density at radius 3 is 2.48 bits per heavy atom. The lowest BCUT2D eigenvalue weighted by Crippen LogP contribution is -2.32. The summed E-state index contributed by atoms with van der Waals surface area (Å²) in [6.07, 6.45) is 6.20. The lowest BCUT2D eigenvalue weighted by atomic mass is 10.2. The van der Waals surface area contributed by atoms with Crippen molar-refractivity contribution in [2.24, 2.45) is 4.99 Å². The summed E-state index contributed by atoms with van der Waals surface area (Å²) in [6, 6.07) is 0. The van der Waals surface area contributed by atoms with Crippen molar-refractivity contribution in [3.8, 4) is 5.88 Å². The first-order chi connectivity index (χ1) is 12.0. The van der Waals surface area contributed by atoms with Gasteiger partial charge in [-0.2, -0.15) is 0 Å². The Balaban J connectivity index is 2.74. The van der Waals surface area contributed by atoms with E-state index in [1.807, 2.05) is 0 Å². The van der Waals surface area contributed by atoms with Crippen LogP contribution in [0, 0.1) is 0 Å². The monoisotopic (exact) mass is 352 g/mol. The van der Waals surface area contributed by atoms with E-state index in [-0.39, 0.29) is 11.4 Å². The topological polar surface area (TPSA) is 90.7 Å². The molecule has 1 aromatic rings. The summed E-state index contributed by atoms with van der Waals surface area (Å²) in [7, 11) is 0. The van der Waals surface area contributed by atoms with Crippen LogP contribution >= 0.6 is 0 Å².